The third-order valence-corrected chi connectivity index (χ3v) is 6.41. The minimum Gasteiger partial charge on any atom is -0.453 e. The third kappa shape index (κ3) is 8.30. The summed E-state index contributed by atoms with van der Waals surface area (Å²) in [7, 11) is 1.15. The van der Waals surface area contributed by atoms with Crippen molar-refractivity contribution in [2.45, 2.75) is 77.8 Å². The number of aromatic nitrogens is 4. The predicted octanol–water partition coefficient (Wildman–Crippen LogP) is 6.29. The first-order chi connectivity index (χ1) is 20.8. The number of methoxy groups -OCH3 is 1. The van der Waals surface area contributed by atoms with Gasteiger partial charge in [-0.05, 0) is 66.5 Å². The SMILES string of the molecule is COC(=O)Nc1ccc2c(-c3nc(N[C@H]4CCCN(C(=O)OC(C)(C)C)C4)ncc3C(F)(F)F)cn(C(=O)OC(C)(C)C)c2n1. The number of rotatable bonds is 4. The van der Waals surface area contributed by atoms with Gasteiger partial charge in [0, 0.05) is 42.5 Å². The van der Waals surface area contributed by atoms with Crippen molar-refractivity contribution in [1.29, 1.82) is 0 Å². The maximum atomic E-state index is 14.3. The molecule has 1 aliphatic heterocycles. The maximum Gasteiger partial charge on any atom is 0.420 e. The molecular weight excluding hydrogens is 599 g/mol. The molecule has 2 N–H and O–H groups in total. The van der Waals surface area contributed by atoms with Crippen molar-refractivity contribution in [2.75, 3.05) is 30.8 Å². The van der Waals surface area contributed by atoms with Gasteiger partial charge in [0.2, 0.25) is 5.95 Å². The molecule has 2 amide bonds. The summed E-state index contributed by atoms with van der Waals surface area (Å²) in [6, 6.07) is 2.38. The minimum atomic E-state index is -4.85. The number of carbonyl (C=O) groups is 3. The minimum absolute atomic E-state index is 0.0169. The molecule has 0 aliphatic carbocycles. The lowest BCUT2D eigenvalue weighted by Crippen LogP contribution is -2.47. The summed E-state index contributed by atoms with van der Waals surface area (Å²) < 4.78 is 59.4. The van der Waals surface area contributed by atoms with Gasteiger partial charge >= 0.3 is 24.5 Å². The van der Waals surface area contributed by atoms with Gasteiger partial charge in [0.05, 0.1) is 12.8 Å². The van der Waals surface area contributed by atoms with Crippen LogP contribution in [0.2, 0.25) is 0 Å². The lowest BCUT2D eigenvalue weighted by Gasteiger charge is -2.34. The van der Waals surface area contributed by atoms with E-state index in [-0.39, 0.29) is 40.9 Å². The summed E-state index contributed by atoms with van der Waals surface area (Å²) in [5, 5.41) is 5.54. The molecule has 45 heavy (non-hydrogen) atoms. The largest absolute Gasteiger partial charge is 0.453 e. The quantitative estimate of drug-likeness (QED) is 0.313. The lowest BCUT2D eigenvalue weighted by atomic mass is 10.1. The first-order valence-electron chi connectivity index (χ1n) is 14.1. The zero-order valence-corrected chi connectivity index (χ0v) is 26.0. The molecule has 0 spiro atoms. The Morgan fingerprint density at radius 2 is 1.64 bits per heavy atom. The number of ether oxygens (including phenoxy) is 3. The number of carbonyl (C=O) groups excluding carboxylic acids is 3. The molecule has 244 valence electrons. The van der Waals surface area contributed by atoms with Crippen LogP contribution in [0.3, 0.4) is 0 Å². The van der Waals surface area contributed by atoms with E-state index in [1.165, 1.54) is 17.0 Å². The van der Waals surface area contributed by atoms with E-state index in [2.05, 4.69) is 30.3 Å². The number of likely N-dealkylation sites (tertiary alicyclic amines) is 1. The van der Waals surface area contributed by atoms with Crippen LogP contribution in [-0.4, -0.2) is 80.1 Å². The predicted molar refractivity (Wildman–Crippen MR) is 158 cm³/mol. The highest BCUT2D eigenvalue weighted by atomic mass is 19.4. The van der Waals surface area contributed by atoms with Crippen LogP contribution in [0.1, 0.15) is 59.9 Å². The van der Waals surface area contributed by atoms with Gasteiger partial charge in [0.15, 0.2) is 5.65 Å². The molecular formula is C29H36F3N7O6. The maximum absolute atomic E-state index is 14.3. The van der Waals surface area contributed by atoms with Crippen molar-refractivity contribution in [1.82, 2.24) is 24.4 Å². The molecule has 4 heterocycles. The Labute approximate surface area is 257 Å². The van der Waals surface area contributed by atoms with Crippen LogP contribution in [0.15, 0.2) is 24.5 Å². The Balaban J connectivity index is 1.77. The Bertz CT molecular complexity index is 1590. The average Bonchev–Trinajstić information content (AvgIpc) is 3.29. The highest BCUT2D eigenvalue weighted by Crippen LogP contribution is 2.39. The van der Waals surface area contributed by atoms with E-state index in [1.807, 2.05) is 0 Å². The van der Waals surface area contributed by atoms with Crippen molar-refractivity contribution in [3.63, 3.8) is 0 Å². The van der Waals surface area contributed by atoms with Gasteiger partial charge in [-0.1, -0.05) is 0 Å². The Morgan fingerprint density at radius 3 is 2.27 bits per heavy atom. The summed E-state index contributed by atoms with van der Waals surface area (Å²) in [6.45, 7) is 10.9. The van der Waals surface area contributed by atoms with Gasteiger partial charge < -0.3 is 24.4 Å². The van der Waals surface area contributed by atoms with Crippen molar-refractivity contribution in [3.8, 4) is 11.3 Å². The smallest absolute Gasteiger partial charge is 0.420 e. The second-order valence-electron chi connectivity index (χ2n) is 12.4. The summed E-state index contributed by atoms with van der Waals surface area (Å²) in [5.74, 6) is -0.124. The monoisotopic (exact) mass is 635 g/mol. The Hall–Kier alpha value is -4.63. The molecule has 1 atom stereocenters. The number of hydrogen-bond acceptors (Lipinski definition) is 10. The number of nitrogens with one attached hydrogen (secondary N) is 2. The van der Waals surface area contributed by atoms with Crippen molar-refractivity contribution < 1.29 is 41.8 Å². The molecule has 3 aromatic rings. The molecule has 1 aliphatic rings. The molecule has 0 radical (unpaired) electrons. The van der Waals surface area contributed by atoms with Crippen LogP contribution in [0.25, 0.3) is 22.3 Å². The van der Waals surface area contributed by atoms with Crippen LogP contribution in [0.4, 0.5) is 39.3 Å². The first-order valence-corrected chi connectivity index (χ1v) is 14.1. The second-order valence-corrected chi connectivity index (χ2v) is 12.4. The fraction of sp³-hybridized carbons (Fsp3) is 0.517. The number of nitrogens with zero attached hydrogens (tertiary/aromatic N) is 5. The standard InChI is InChI=1S/C29H36F3N7O6/c1-27(2,3)44-25(41)38-12-8-9-16(14-38)34-23-33-13-19(29(30,31)32)21(37-23)18-15-39(26(42)45-28(4,5)6)22-17(18)10-11-20(35-22)36-24(40)43-7/h10-11,13,15-16H,8-9,12,14H2,1-7H3,(H,33,34,37)(H,35,36,40)/t16-/m0/s1. The molecule has 13 nitrogen and oxygen atoms in total. The number of hydrogen-bond donors (Lipinski definition) is 2. The van der Waals surface area contributed by atoms with Gasteiger partial charge in [-0.25, -0.2) is 33.9 Å². The fourth-order valence-electron chi connectivity index (χ4n) is 4.60. The van der Waals surface area contributed by atoms with Gasteiger partial charge in [0.1, 0.15) is 22.6 Å². The van der Waals surface area contributed by atoms with E-state index in [9.17, 15) is 27.6 Å². The van der Waals surface area contributed by atoms with E-state index < -0.39 is 46.9 Å². The molecule has 0 aromatic carbocycles. The topological polar surface area (TPSA) is 150 Å². The fourth-order valence-corrected chi connectivity index (χ4v) is 4.60. The number of pyridine rings is 1. The second kappa shape index (κ2) is 12.4. The lowest BCUT2D eigenvalue weighted by molar-refractivity contribution is -0.137. The number of halogens is 3. The van der Waals surface area contributed by atoms with E-state index in [0.29, 0.717) is 25.6 Å². The highest BCUT2D eigenvalue weighted by molar-refractivity contribution is 6.00. The zero-order valence-electron chi connectivity index (χ0n) is 26.0. The van der Waals surface area contributed by atoms with Gasteiger partial charge in [-0.2, -0.15) is 13.2 Å². The summed E-state index contributed by atoms with van der Waals surface area (Å²) in [5.41, 5.74) is -3.45. The van der Waals surface area contributed by atoms with E-state index in [1.54, 1.807) is 41.5 Å². The molecule has 0 unspecified atom stereocenters. The van der Waals surface area contributed by atoms with E-state index in [0.717, 1.165) is 17.9 Å². The van der Waals surface area contributed by atoms with Crippen molar-refractivity contribution in [2.24, 2.45) is 0 Å². The number of piperidine rings is 1. The molecule has 1 fully saturated rings. The number of anilines is 2. The molecule has 0 bridgehead atoms. The molecule has 4 rings (SSSR count). The number of alkyl halides is 3. The van der Waals surface area contributed by atoms with Gasteiger partial charge in [0.25, 0.3) is 0 Å². The van der Waals surface area contributed by atoms with Crippen LogP contribution in [0, 0.1) is 0 Å². The molecule has 16 heteroatoms. The van der Waals surface area contributed by atoms with Crippen LogP contribution in [-0.2, 0) is 20.4 Å². The highest BCUT2D eigenvalue weighted by Gasteiger charge is 2.37. The van der Waals surface area contributed by atoms with E-state index in [4.69, 9.17) is 9.47 Å². The molecule has 0 saturated carbocycles. The first kappa shape index (κ1) is 33.3. The van der Waals surface area contributed by atoms with Crippen LogP contribution in [0.5, 0.6) is 0 Å². The Morgan fingerprint density at radius 1 is 0.978 bits per heavy atom. The van der Waals surface area contributed by atoms with Crippen LogP contribution >= 0.6 is 0 Å². The summed E-state index contributed by atoms with van der Waals surface area (Å²) in [4.78, 5) is 51.6. The third-order valence-electron chi connectivity index (χ3n) is 6.41. The zero-order chi connectivity index (χ0) is 33.3. The number of fused-ring (bicyclic) bond motifs is 1. The van der Waals surface area contributed by atoms with Crippen LogP contribution < -0.4 is 10.6 Å². The Kier molecular flexibility index (Phi) is 9.17. The normalized spacial score (nSPS) is 15.9. The van der Waals surface area contributed by atoms with E-state index >= 15 is 0 Å². The summed E-state index contributed by atoms with van der Waals surface area (Å²) in [6.07, 6.45) is -4.05. The van der Waals surface area contributed by atoms with Crippen molar-refractivity contribution in [3.05, 3.63) is 30.1 Å². The van der Waals surface area contributed by atoms with Gasteiger partial charge in [-0.3, -0.25) is 5.32 Å². The molecule has 1 saturated heterocycles. The summed E-state index contributed by atoms with van der Waals surface area (Å²) >= 11 is 0. The van der Waals surface area contributed by atoms with Crippen molar-refractivity contribution >= 4 is 41.1 Å². The average molecular weight is 636 g/mol. The van der Waals surface area contributed by atoms with Gasteiger partial charge in [-0.15, -0.1) is 0 Å². The number of amides is 2. The molecule has 3 aromatic heterocycles.